The number of esters is 2. The van der Waals surface area contributed by atoms with E-state index in [1.54, 1.807) is 26.8 Å². The van der Waals surface area contributed by atoms with Gasteiger partial charge in [0.05, 0.1) is 19.8 Å². The fourth-order valence-corrected chi connectivity index (χ4v) is 1.86. The van der Waals surface area contributed by atoms with Crippen LogP contribution in [-0.4, -0.2) is 54.8 Å². The smallest absolute Gasteiger partial charge is 0.411 e. The topological polar surface area (TPSA) is 82.1 Å². The first kappa shape index (κ1) is 18.0. The van der Waals surface area contributed by atoms with Crippen LogP contribution in [0.4, 0.5) is 4.79 Å². The van der Waals surface area contributed by atoms with E-state index in [1.165, 1.54) is 25.2 Å². The number of hydrogen-bond acceptors (Lipinski definition) is 6. The maximum atomic E-state index is 12.4. The Morgan fingerprint density at radius 1 is 1.14 bits per heavy atom. The molecule has 0 aliphatic heterocycles. The second-order valence-corrected chi connectivity index (χ2v) is 6.10. The molecule has 0 heterocycles. The number of hydrogen-bond donors (Lipinski definition) is 0. The Kier molecular flexibility index (Phi) is 5.57. The van der Waals surface area contributed by atoms with Crippen molar-refractivity contribution in [1.82, 2.24) is 4.90 Å². The number of rotatable bonds is 5. The molecular weight excluding hydrogens is 290 g/mol. The van der Waals surface area contributed by atoms with Gasteiger partial charge in [-0.05, 0) is 33.6 Å². The van der Waals surface area contributed by atoms with E-state index < -0.39 is 29.2 Å². The van der Waals surface area contributed by atoms with Gasteiger partial charge in [0.2, 0.25) is 0 Å². The first-order valence-electron chi connectivity index (χ1n) is 6.98. The number of methoxy groups -OCH3 is 2. The van der Waals surface area contributed by atoms with Gasteiger partial charge in [0.15, 0.2) is 0 Å². The molecule has 1 aliphatic rings. The predicted octanol–water partition coefficient (Wildman–Crippen LogP) is 1.66. The van der Waals surface area contributed by atoms with Crippen LogP contribution in [0.15, 0.2) is 12.2 Å². The van der Waals surface area contributed by atoms with E-state index in [9.17, 15) is 14.4 Å². The lowest BCUT2D eigenvalue weighted by Crippen LogP contribution is -2.47. The van der Waals surface area contributed by atoms with Crippen molar-refractivity contribution in [2.24, 2.45) is 0 Å². The molecule has 1 rings (SSSR count). The molecule has 0 atom stereocenters. The lowest BCUT2D eigenvalue weighted by molar-refractivity contribution is -0.142. The third kappa shape index (κ3) is 5.05. The van der Waals surface area contributed by atoms with Gasteiger partial charge in [0.25, 0.3) is 0 Å². The zero-order valence-electron chi connectivity index (χ0n) is 13.7. The Balaban J connectivity index is 2.95. The van der Waals surface area contributed by atoms with Gasteiger partial charge in [0, 0.05) is 6.08 Å². The maximum Gasteiger partial charge on any atom is 0.411 e. The van der Waals surface area contributed by atoms with Crippen LogP contribution in [0.25, 0.3) is 0 Å². The molecule has 1 saturated carbocycles. The summed E-state index contributed by atoms with van der Waals surface area (Å²) >= 11 is 0. The molecule has 0 aromatic rings. The van der Waals surface area contributed by atoms with E-state index in [0.717, 1.165) is 0 Å². The Morgan fingerprint density at radius 3 is 2.14 bits per heavy atom. The van der Waals surface area contributed by atoms with Gasteiger partial charge >= 0.3 is 18.0 Å². The van der Waals surface area contributed by atoms with Crippen molar-refractivity contribution in [1.29, 1.82) is 0 Å². The van der Waals surface area contributed by atoms with Crippen LogP contribution in [-0.2, 0) is 23.8 Å². The van der Waals surface area contributed by atoms with Gasteiger partial charge in [-0.25, -0.2) is 9.59 Å². The molecule has 0 saturated heterocycles. The number of nitrogens with zero attached hydrogens (tertiary/aromatic N) is 1. The molecule has 0 spiro atoms. The van der Waals surface area contributed by atoms with Crippen molar-refractivity contribution in [2.75, 3.05) is 20.8 Å². The lowest BCUT2D eigenvalue weighted by Gasteiger charge is -2.31. The predicted molar refractivity (Wildman–Crippen MR) is 78.1 cm³/mol. The molecule has 124 valence electrons. The first-order chi connectivity index (χ1) is 10.1. The van der Waals surface area contributed by atoms with E-state index in [1.807, 2.05) is 0 Å². The standard InChI is InChI=1S/C15H23NO6/c1-14(2,3)22-13(19)16(10-12(18)21-5)15(8-9-15)7-6-11(17)20-4/h6-7H,8-10H2,1-5H3/b7-6+. The molecule has 0 N–H and O–H groups in total. The maximum absolute atomic E-state index is 12.4. The van der Waals surface area contributed by atoms with Crippen molar-refractivity contribution in [3.05, 3.63) is 12.2 Å². The van der Waals surface area contributed by atoms with Gasteiger partial charge in [0.1, 0.15) is 12.1 Å². The summed E-state index contributed by atoms with van der Waals surface area (Å²) in [6, 6.07) is 0. The quantitative estimate of drug-likeness (QED) is 0.436. The van der Waals surface area contributed by atoms with Crippen LogP contribution >= 0.6 is 0 Å². The third-order valence-corrected chi connectivity index (χ3v) is 3.16. The summed E-state index contributed by atoms with van der Waals surface area (Å²) in [5.74, 6) is -1.07. The minimum atomic E-state index is -0.704. The van der Waals surface area contributed by atoms with Crippen LogP contribution in [0, 0.1) is 0 Å². The van der Waals surface area contributed by atoms with Gasteiger partial charge in [-0.15, -0.1) is 0 Å². The summed E-state index contributed by atoms with van der Waals surface area (Å²) < 4.78 is 14.5. The fraction of sp³-hybridized carbons (Fsp3) is 0.667. The number of amides is 1. The van der Waals surface area contributed by atoms with Crippen molar-refractivity contribution >= 4 is 18.0 Å². The summed E-state index contributed by atoms with van der Waals surface area (Å²) in [7, 11) is 2.52. The Labute approximate surface area is 130 Å². The van der Waals surface area contributed by atoms with Crippen LogP contribution in [0.3, 0.4) is 0 Å². The van der Waals surface area contributed by atoms with Crippen molar-refractivity contribution in [3.8, 4) is 0 Å². The zero-order chi connectivity index (χ0) is 17.0. The summed E-state index contributed by atoms with van der Waals surface area (Å²) in [6.45, 7) is 4.98. The van der Waals surface area contributed by atoms with E-state index in [0.29, 0.717) is 12.8 Å². The fourth-order valence-electron chi connectivity index (χ4n) is 1.86. The monoisotopic (exact) mass is 313 g/mol. The van der Waals surface area contributed by atoms with Crippen molar-refractivity contribution in [3.63, 3.8) is 0 Å². The molecule has 1 aliphatic carbocycles. The second-order valence-electron chi connectivity index (χ2n) is 6.10. The zero-order valence-corrected chi connectivity index (χ0v) is 13.7. The molecule has 0 bridgehead atoms. The minimum Gasteiger partial charge on any atom is -0.468 e. The summed E-state index contributed by atoms with van der Waals surface area (Å²) in [5, 5.41) is 0. The van der Waals surface area contributed by atoms with Gasteiger partial charge in [-0.2, -0.15) is 0 Å². The highest BCUT2D eigenvalue weighted by Crippen LogP contribution is 2.43. The van der Waals surface area contributed by atoms with E-state index in [2.05, 4.69) is 9.47 Å². The summed E-state index contributed by atoms with van der Waals surface area (Å²) in [4.78, 5) is 36.5. The normalized spacial score (nSPS) is 16.0. The van der Waals surface area contributed by atoms with Crippen molar-refractivity contribution in [2.45, 2.75) is 44.8 Å². The highest BCUT2D eigenvalue weighted by atomic mass is 16.6. The third-order valence-electron chi connectivity index (χ3n) is 3.16. The SMILES string of the molecule is COC(=O)/C=C/C1(N(CC(=O)OC)C(=O)OC(C)(C)C)CC1. The van der Waals surface area contributed by atoms with Crippen LogP contribution in [0.2, 0.25) is 0 Å². The molecule has 22 heavy (non-hydrogen) atoms. The highest BCUT2D eigenvalue weighted by molar-refractivity contribution is 5.83. The average molecular weight is 313 g/mol. The molecule has 1 fully saturated rings. The number of carbonyl (C=O) groups excluding carboxylic acids is 3. The second kappa shape index (κ2) is 6.81. The van der Waals surface area contributed by atoms with Crippen LogP contribution in [0.1, 0.15) is 33.6 Å². The molecule has 0 aromatic carbocycles. The summed E-state index contributed by atoms with van der Waals surface area (Å²) in [5.41, 5.74) is -1.39. The molecular formula is C15H23NO6. The van der Waals surface area contributed by atoms with Gasteiger partial charge < -0.3 is 14.2 Å². The lowest BCUT2D eigenvalue weighted by atomic mass is 10.2. The Bertz CT molecular complexity index is 473. The number of ether oxygens (including phenoxy) is 3. The minimum absolute atomic E-state index is 0.239. The van der Waals surface area contributed by atoms with Gasteiger partial charge in [-0.1, -0.05) is 6.08 Å². The van der Waals surface area contributed by atoms with E-state index in [-0.39, 0.29) is 6.54 Å². The first-order valence-corrected chi connectivity index (χ1v) is 6.98. The molecule has 0 unspecified atom stereocenters. The molecule has 0 aromatic heterocycles. The highest BCUT2D eigenvalue weighted by Gasteiger charge is 2.50. The number of carbonyl (C=O) groups is 3. The molecule has 7 nitrogen and oxygen atoms in total. The molecule has 0 radical (unpaired) electrons. The Hall–Kier alpha value is -2.05. The van der Waals surface area contributed by atoms with Crippen LogP contribution < -0.4 is 0 Å². The van der Waals surface area contributed by atoms with Crippen molar-refractivity contribution < 1.29 is 28.6 Å². The Morgan fingerprint density at radius 2 is 1.73 bits per heavy atom. The average Bonchev–Trinajstić information content (AvgIpc) is 3.20. The molecule has 1 amide bonds. The van der Waals surface area contributed by atoms with E-state index >= 15 is 0 Å². The van der Waals surface area contributed by atoms with E-state index in [4.69, 9.17) is 4.74 Å². The largest absolute Gasteiger partial charge is 0.468 e. The van der Waals surface area contributed by atoms with Crippen LogP contribution in [0.5, 0.6) is 0 Å². The molecule has 7 heteroatoms. The summed E-state index contributed by atoms with van der Waals surface area (Å²) in [6.07, 6.45) is 3.48. The van der Waals surface area contributed by atoms with Gasteiger partial charge in [-0.3, -0.25) is 9.69 Å².